The quantitative estimate of drug-likeness (QED) is 0.482. The van der Waals surface area contributed by atoms with E-state index < -0.39 is 0 Å². The van der Waals surface area contributed by atoms with E-state index in [0.29, 0.717) is 6.42 Å². The van der Waals surface area contributed by atoms with E-state index in [-0.39, 0.29) is 5.78 Å². The van der Waals surface area contributed by atoms with E-state index in [1.807, 2.05) is 30.3 Å². The van der Waals surface area contributed by atoms with Gasteiger partial charge in [-0.15, -0.1) is 0 Å². The Morgan fingerprint density at radius 1 is 1.00 bits per heavy atom. The first-order valence-electron chi connectivity index (χ1n) is 5.72. The van der Waals surface area contributed by atoms with Crippen LogP contribution >= 0.6 is 0 Å². The van der Waals surface area contributed by atoms with E-state index in [1.54, 1.807) is 0 Å². The molecular formula is C14H19O. The number of unbranched alkanes of at least 4 members (excludes halogenated alkanes) is 4. The fraction of sp³-hybridized carbons (Fsp3) is 0.429. The second-order valence-electron chi connectivity index (χ2n) is 3.81. The van der Waals surface area contributed by atoms with Crippen molar-refractivity contribution < 1.29 is 4.79 Å². The number of carbonyl (C=O) groups is 1. The third-order valence-electron chi connectivity index (χ3n) is 2.50. The predicted octanol–water partition coefficient (Wildman–Crippen LogP) is 4.04. The van der Waals surface area contributed by atoms with Gasteiger partial charge in [-0.3, -0.25) is 4.79 Å². The van der Waals surface area contributed by atoms with Crippen LogP contribution < -0.4 is 0 Å². The van der Waals surface area contributed by atoms with Crippen molar-refractivity contribution in [2.24, 2.45) is 0 Å². The highest BCUT2D eigenvalue weighted by atomic mass is 16.1. The second-order valence-corrected chi connectivity index (χ2v) is 3.81. The van der Waals surface area contributed by atoms with Crippen molar-refractivity contribution in [3.8, 4) is 0 Å². The second kappa shape index (κ2) is 7.22. The van der Waals surface area contributed by atoms with Crippen LogP contribution in [0, 0.1) is 6.92 Å². The molecule has 0 amide bonds. The van der Waals surface area contributed by atoms with Crippen molar-refractivity contribution in [1.29, 1.82) is 0 Å². The van der Waals surface area contributed by atoms with Gasteiger partial charge in [0.25, 0.3) is 0 Å². The zero-order chi connectivity index (χ0) is 10.9. The lowest BCUT2D eigenvalue weighted by Crippen LogP contribution is -1.98. The minimum absolute atomic E-state index is 0.269. The molecule has 0 aromatic heterocycles. The molecule has 0 spiro atoms. The van der Waals surface area contributed by atoms with E-state index in [0.717, 1.165) is 24.8 Å². The summed E-state index contributed by atoms with van der Waals surface area (Å²) in [5.74, 6) is 0.269. The Balaban J connectivity index is 2.20. The van der Waals surface area contributed by atoms with Gasteiger partial charge in [0.1, 0.15) is 0 Å². The molecule has 0 N–H and O–H groups in total. The molecular weight excluding hydrogens is 184 g/mol. The highest BCUT2D eigenvalue weighted by Gasteiger charge is 2.03. The molecule has 0 aliphatic heterocycles. The lowest BCUT2D eigenvalue weighted by atomic mass is 10.0. The minimum atomic E-state index is 0.269. The SMILES string of the molecule is [CH2]CCCCCCC(=O)c1ccccc1. The molecule has 81 valence electrons. The molecule has 15 heavy (non-hydrogen) atoms. The Kier molecular flexibility index (Phi) is 5.76. The summed E-state index contributed by atoms with van der Waals surface area (Å²) in [7, 11) is 0. The standard InChI is InChI=1S/C14H19O/c1-2-3-4-5-9-12-14(15)13-10-7-6-8-11-13/h6-8,10-11H,1-5,9,12H2. The van der Waals surface area contributed by atoms with Crippen LogP contribution in [0.5, 0.6) is 0 Å². The van der Waals surface area contributed by atoms with E-state index in [9.17, 15) is 4.79 Å². The molecule has 0 heterocycles. The topological polar surface area (TPSA) is 17.1 Å². The highest BCUT2D eigenvalue weighted by molar-refractivity contribution is 5.95. The monoisotopic (exact) mass is 203 g/mol. The van der Waals surface area contributed by atoms with E-state index in [1.165, 1.54) is 12.8 Å². The Labute approximate surface area is 92.5 Å². The predicted molar refractivity (Wildman–Crippen MR) is 63.8 cm³/mol. The molecule has 0 saturated heterocycles. The first-order valence-corrected chi connectivity index (χ1v) is 5.72. The molecule has 0 fully saturated rings. The number of ketones is 1. The summed E-state index contributed by atoms with van der Waals surface area (Å²) in [6, 6.07) is 9.54. The number of hydrogen-bond donors (Lipinski definition) is 0. The molecule has 0 unspecified atom stereocenters. The van der Waals surface area contributed by atoms with Crippen LogP contribution in [0.15, 0.2) is 30.3 Å². The van der Waals surface area contributed by atoms with E-state index in [4.69, 9.17) is 0 Å². The molecule has 1 rings (SSSR count). The van der Waals surface area contributed by atoms with E-state index >= 15 is 0 Å². The van der Waals surface area contributed by atoms with Crippen LogP contribution in [0.25, 0.3) is 0 Å². The molecule has 0 aliphatic rings. The van der Waals surface area contributed by atoms with Crippen LogP contribution in [0.2, 0.25) is 0 Å². The van der Waals surface area contributed by atoms with Crippen LogP contribution in [0.3, 0.4) is 0 Å². The molecule has 1 radical (unpaired) electrons. The maximum absolute atomic E-state index is 11.7. The molecule has 0 bridgehead atoms. The zero-order valence-corrected chi connectivity index (χ0v) is 9.24. The Morgan fingerprint density at radius 3 is 2.33 bits per heavy atom. The normalized spacial score (nSPS) is 10.2. The number of Topliss-reactive ketones (excluding diaryl/α,β-unsaturated/α-hetero) is 1. The van der Waals surface area contributed by atoms with Gasteiger partial charge >= 0.3 is 0 Å². The number of benzene rings is 1. The van der Waals surface area contributed by atoms with Crippen molar-refractivity contribution in [2.45, 2.75) is 38.5 Å². The molecule has 0 saturated carbocycles. The maximum Gasteiger partial charge on any atom is 0.162 e. The summed E-state index contributed by atoms with van der Waals surface area (Å²) in [6.45, 7) is 3.80. The van der Waals surface area contributed by atoms with Crippen LogP contribution in [-0.2, 0) is 0 Å². The largest absolute Gasteiger partial charge is 0.294 e. The summed E-state index contributed by atoms with van der Waals surface area (Å²) in [5, 5.41) is 0. The Morgan fingerprint density at radius 2 is 1.67 bits per heavy atom. The van der Waals surface area contributed by atoms with Gasteiger partial charge in [-0.2, -0.15) is 0 Å². The number of rotatable bonds is 7. The average molecular weight is 203 g/mol. The van der Waals surface area contributed by atoms with Crippen molar-refractivity contribution >= 4 is 5.78 Å². The van der Waals surface area contributed by atoms with Crippen molar-refractivity contribution in [3.63, 3.8) is 0 Å². The third kappa shape index (κ3) is 4.78. The average Bonchev–Trinajstić information content (AvgIpc) is 2.30. The Bertz CT molecular complexity index is 277. The van der Waals surface area contributed by atoms with Crippen LogP contribution in [-0.4, -0.2) is 5.78 Å². The number of carbonyl (C=O) groups excluding carboxylic acids is 1. The first kappa shape index (κ1) is 12.0. The van der Waals surface area contributed by atoms with Crippen LogP contribution in [0.4, 0.5) is 0 Å². The fourth-order valence-electron chi connectivity index (χ4n) is 1.58. The summed E-state index contributed by atoms with van der Waals surface area (Å²) in [5.41, 5.74) is 0.842. The third-order valence-corrected chi connectivity index (χ3v) is 2.50. The first-order chi connectivity index (χ1) is 7.34. The molecule has 0 aliphatic carbocycles. The van der Waals surface area contributed by atoms with Gasteiger partial charge in [-0.25, -0.2) is 0 Å². The lowest BCUT2D eigenvalue weighted by molar-refractivity contribution is 0.0979. The molecule has 1 nitrogen and oxygen atoms in total. The Hall–Kier alpha value is -1.11. The van der Waals surface area contributed by atoms with E-state index in [2.05, 4.69) is 6.92 Å². The maximum atomic E-state index is 11.7. The van der Waals surface area contributed by atoms with Gasteiger partial charge in [0.05, 0.1) is 0 Å². The molecule has 0 atom stereocenters. The smallest absolute Gasteiger partial charge is 0.162 e. The molecule has 1 aromatic rings. The zero-order valence-electron chi connectivity index (χ0n) is 9.24. The van der Waals surface area contributed by atoms with Crippen LogP contribution in [0.1, 0.15) is 48.9 Å². The van der Waals surface area contributed by atoms with Gasteiger partial charge < -0.3 is 0 Å². The lowest BCUT2D eigenvalue weighted by Gasteiger charge is -2.00. The van der Waals surface area contributed by atoms with Gasteiger partial charge in [-0.05, 0) is 6.42 Å². The summed E-state index contributed by atoms with van der Waals surface area (Å²) in [4.78, 5) is 11.7. The molecule has 1 aromatic carbocycles. The summed E-state index contributed by atoms with van der Waals surface area (Å²) < 4.78 is 0. The number of hydrogen-bond acceptors (Lipinski definition) is 1. The van der Waals surface area contributed by atoms with Crippen molar-refractivity contribution in [2.75, 3.05) is 0 Å². The van der Waals surface area contributed by atoms with Gasteiger partial charge in [-0.1, -0.05) is 62.9 Å². The minimum Gasteiger partial charge on any atom is -0.294 e. The molecule has 1 heteroatoms. The van der Waals surface area contributed by atoms with Crippen molar-refractivity contribution in [1.82, 2.24) is 0 Å². The summed E-state index contributed by atoms with van der Waals surface area (Å²) in [6.07, 6.45) is 6.22. The highest BCUT2D eigenvalue weighted by Crippen LogP contribution is 2.09. The van der Waals surface area contributed by atoms with Gasteiger partial charge in [0, 0.05) is 12.0 Å². The van der Waals surface area contributed by atoms with Crippen molar-refractivity contribution in [3.05, 3.63) is 42.8 Å². The fourth-order valence-corrected chi connectivity index (χ4v) is 1.58. The summed E-state index contributed by atoms with van der Waals surface area (Å²) >= 11 is 0. The van der Waals surface area contributed by atoms with Gasteiger partial charge in [0.2, 0.25) is 0 Å². The van der Waals surface area contributed by atoms with Gasteiger partial charge in [0.15, 0.2) is 5.78 Å².